The number of carbonyl (C=O) groups is 2. The molecule has 232 valence electrons. The van der Waals surface area contributed by atoms with Gasteiger partial charge in [0.25, 0.3) is 0 Å². The Kier molecular flexibility index (Phi) is 10.6. The average Bonchev–Trinajstić information content (AvgIpc) is 3.68. The van der Waals surface area contributed by atoms with Gasteiger partial charge >= 0.3 is 5.97 Å². The lowest BCUT2D eigenvalue weighted by molar-refractivity contribution is -0.124. The van der Waals surface area contributed by atoms with E-state index in [4.69, 9.17) is 9.47 Å². The quantitative estimate of drug-likeness (QED) is 0.310. The van der Waals surface area contributed by atoms with E-state index in [9.17, 15) is 14.7 Å². The minimum absolute atomic E-state index is 0.0150. The van der Waals surface area contributed by atoms with Gasteiger partial charge in [-0.2, -0.15) is 0 Å². The molecule has 43 heavy (non-hydrogen) atoms. The van der Waals surface area contributed by atoms with Crippen LogP contribution in [0.4, 0.5) is 5.69 Å². The van der Waals surface area contributed by atoms with Crippen LogP contribution in [0.1, 0.15) is 98.8 Å². The number of amides is 1. The molecule has 2 aliphatic carbocycles. The second kappa shape index (κ2) is 14.4. The predicted octanol–water partition coefficient (Wildman–Crippen LogP) is 6.99. The molecular weight excluding hydrogens is 560 g/mol. The van der Waals surface area contributed by atoms with Crippen molar-refractivity contribution in [2.75, 3.05) is 24.7 Å². The van der Waals surface area contributed by atoms with Crippen LogP contribution in [0, 0.1) is 35.0 Å². The number of hydrogen-bond donors (Lipinski definition) is 1. The first-order valence-electron chi connectivity index (χ1n) is 16.0. The molecule has 7 nitrogen and oxygen atoms in total. The van der Waals surface area contributed by atoms with Crippen LogP contribution in [0.15, 0.2) is 30.5 Å². The highest BCUT2D eigenvalue weighted by Gasteiger charge is 2.37. The third-order valence-electron chi connectivity index (χ3n) is 9.27. The van der Waals surface area contributed by atoms with Crippen molar-refractivity contribution in [3.05, 3.63) is 45.9 Å². The van der Waals surface area contributed by atoms with Gasteiger partial charge in [0.05, 0.1) is 29.9 Å². The highest BCUT2D eigenvalue weighted by molar-refractivity contribution is 7.15. The summed E-state index contributed by atoms with van der Waals surface area (Å²) in [6, 6.07) is 7.89. The average molecular weight is 607 g/mol. The van der Waals surface area contributed by atoms with E-state index in [-0.39, 0.29) is 28.8 Å². The van der Waals surface area contributed by atoms with E-state index in [1.54, 1.807) is 0 Å². The Balaban J connectivity index is 1.37. The number of pyridine rings is 1. The Hall–Kier alpha value is -2.73. The summed E-state index contributed by atoms with van der Waals surface area (Å²) in [6.45, 7) is 8.14. The smallest absolute Gasteiger partial charge is 0.348 e. The number of rotatable bonds is 9. The van der Waals surface area contributed by atoms with Crippen molar-refractivity contribution < 1.29 is 24.2 Å². The van der Waals surface area contributed by atoms with Crippen molar-refractivity contribution in [3.63, 3.8) is 0 Å². The Morgan fingerprint density at radius 3 is 2.53 bits per heavy atom. The molecule has 5 rings (SSSR count). The maximum absolute atomic E-state index is 14.3. The summed E-state index contributed by atoms with van der Waals surface area (Å²) in [6.07, 6.45) is 11.3. The maximum atomic E-state index is 14.3. The molecule has 1 amide bonds. The van der Waals surface area contributed by atoms with Gasteiger partial charge in [0.2, 0.25) is 5.91 Å². The Morgan fingerprint density at radius 1 is 1.12 bits per heavy atom. The fourth-order valence-corrected chi connectivity index (χ4v) is 7.48. The normalized spacial score (nSPS) is 26.0. The van der Waals surface area contributed by atoms with Crippen molar-refractivity contribution in [2.24, 2.45) is 23.2 Å². The van der Waals surface area contributed by atoms with Crippen molar-refractivity contribution in [2.45, 2.75) is 97.1 Å². The fourth-order valence-electron chi connectivity index (χ4n) is 6.63. The zero-order chi connectivity index (χ0) is 30.4. The summed E-state index contributed by atoms with van der Waals surface area (Å²) in [7, 11) is 0. The molecule has 3 heterocycles. The van der Waals surface area contributed by atoms with Gasteiger partial charge in [-0.1, -0.05) is 24.8 Å². The lowest BCUT2D eigenvalue weighted by Crippen LogP contribution is -2.46. The van der Waals surface area contributed by atoms with Gasteiger partial charge < -0.3 is 19.5 Å². The Morgan fingerprint density at radius 2 is 1.88 bits per heavy atom. The van der Waals surface area contributed by atoms with Gasteiger partial charge in [-0.05, 0) is 108 Å². The second-order valence-corrected chi connectivity index (χ2v) is 14.5. The molecule has 2 saturated carbocycles. The molecule has 3 fully saturated rings. The minimum atomic E-state index is -1.00. The SMILES string of the molecule is CC(C)(C#Cc1cc(N(C(=O)[C@H]2CC[C@H](C)CC2)[C@H]2CC[C@H](Cc3ccccn3)CC2)c(C(=O)O)s1)COC1CCOC1. The molecule has 0 spiro atoms. The summed E-state index contributed by atoms with van der Waals surface area (Å²) < 4.78 is 11.4. The maximum Gasteiger partial charge on any atom is 0.348 e. The van der Waals surface area contributed by atoms with Gasteiger partial charge in [-0.25, -0.2) is 4.79 Å². The molecule has 8 heteroatoms. The van der Waals surface area contributed by atoms with Gasteiger partial charge in [0, 0.05) is 35.9 Å². The summed E-state index contributed by atoms with van der Waals surface area (Å²) in [5, 5.41) is 10.3. The summed E-state index contributed by atoms with van der Waals surface area (Å²) in [4.78, 5) is 34.1. The second-order valence-electron chi connectivity index (χ2n) is 13.4. The number of thiophene rings is 1. The van der Waals surface area contributed by atoms with Crippen LogP contribution in [0.3, 0.4) is 0 Å². The first kappa shape index (κ1) is 31.7. The van der Waals surface area contributed by atoms with Gasteiger partial charge in [-0.15, -0.1) is 11.3 Å². The lowest BCUT2D eigenvalue weighted by atomic mass is 9.80. The number of nitrogens with zero attached hydrogens (tertiary/aromatic N) is 2. The molecule has 0 aromatic carbocycles. The fraction of sp³-hybridized carbons (Fsp3) is 0.629. The molecule has 0 bridgehead atoms. The van der Waals surface area contributed by atoms with Crippen molar-refractivity contribution in [3.8, 4) is 11.8 Å². The van der Waals surface area contributed by atoms with E-state index in [0.717, 1.165) is 76.5 Å². The number of anilines is 1. The molecule has 2 aromatic heterocycles. The van der Waals surface area contributed by atoms with E-state index < -0.39 is 11.4 Å². The van der Waals surface area contributed by atoms with Crippen LogP contribution in [0.25, 0.3) is 0 Å². The van der Waals surface area contributed by atoms with Crippen LogP contribution >= 0.6 is 11.3 Å². The van der Waals surface area contributed by atoms with E-state index >= 15 is 0 Å². The third kappa shape index (κ3) is 8.47. The number of carbonyl (C=O) groups excluding carboxylic acids is 1. The zero-order valence-electron chi connectivity index (χ0n) is 25.8. The van der Waals surface area contributed by atoms with Crippen LogP contribution < -0.4 is 4.90 Å². The molecule has 1 saturated heterocycles. The highest BCUT2D eigenvalue weighted by Crippen LogP contribution is 2.40. The van der Waals surface area contributed by atoms with Gasteiger partial charge in [0.1, 0.15) is 4.88 Å². The van der Waals surface area contributed by atoms with Crippen LogP contribution in [-0.2, 0) is 20.7 Å². The van der Waals surface area contributed by atoms with Crippen molar-refractivity contribution >= 4 is 28.9 Å². The monoisotopic (exact) mass is 606 g/mol. The van der Waals surface area contributed by atoms with E-state index in [1.165, 1.54) is 11.3 Å². The van der Waals surface area contributed by atoms with Gasteiger partial charge in [0.15, 0.2) is 0 Å². The topological polar surface area (TPSA) is 89.0 Å². The molecule has 2 aromatic rings. The third-order valence-corrected chi connectivity index (χ3v) is 10.3. The molecule has 1 N–H and O–H groups in total. The van der Waals surface area contributed by atoms with Crippen LogP contribution in [0.2, 0.25) is 0 Å². The first-order valence-corrected chi connectivity index (χ1v) is 16.8. The lowest BCUT2D eigenvalue weighted by Gasteiger charge is -2.39. The number of aromatic nitrogens is 1. The molecule has 3 aliphatic rings. The largest absolute Gasteiger partial charge is 0.477 e. The number of carboxylic acids is 1. The molecule has 1 unspecified atom stereocenters. The van der Waals surface area contributed by atoms with Crippen molar-refractivity contribution in [1.29, 1.82) is 0 Å². The highest BCUT2D eigenvalue weighted by atomic mass is 32.1. The zero-order valence-corrected chi connectivity index (χ0v) is 26.7. The summed E-state index contributed by atoms with van der Waals surface area (Å²) >= 11 is 1.17. The number of aromatic carboxylic acids is 1. The van der Waals surface area contributed by atoms with Crippen LogP contribution in [0.5, 0.6) is 0 Å². The predicted molar refractivity (Wildman–Crippen MR) is 169 cm³/mol. The van der Waals surface area contributed by atoms with E-state index in [1.807, 2.05) is 43.1 Å². The van der Waals surface area contributed by atoms with Crippen LogP contribution in [-0.4, -0.2) is 53.9 Å². The molecular formula is C35H46N2O5S. The summed E-state index contributed by atoms with van der Waals surface area (Å²) in [5.74, 6) is 6.73. The van der Waals surface area contributed by atoms with E-state index in [2.05, 4.69) is 29.8 Å². The molecule has 0 radical (unpaired) electrons. The standard InChI is InChI=1S/C35H46N2O5S/c1-24-7-11-26(12-8-24)33(38)37(28-13-9-25(10-14-28)20-27-6-4-5-18-36-27)31-21-30(43-32(31)34(39)40)15-17-35(2,3)23-42-29-16-19-41-22-29/h4-6,18,21,24-26,28-29H,7-14,16,19-20,22-23H2,1-3H3,(H,39,40)/t24-,25-,26-,28-,29?. The number of hydrogen-bond acceptors (Lipinski definition) is 6. The van der Waals surface area contributed by atoms with Gasteiger partial charge in [-0.3, -0.25) is 9.78 Å². The van der Waals surface area contributed by atoms with Crippen molar-refractivity contribution in [1.82, 2.24) is 4.98 Å². The Bertz CT molecular complexity index is 1290. The summed E-state index contributed by atoms with van der Waals surface area (Å²) in [5.41, 5.74) is 1.22. The van der Waals surface area contributed by atoms with E-state index in [0.29, 0.717) is 35.6 Å². The number of carboxylic acid groups (broad SMARTS) is 1. The molecule has 1 atom stereocenters. The minimum Gasteiger partial charge on any atom is -0.477 e. The number of ether oxygens (including phenoxy) is 2. The molecule has 1 aliphatic heterocycles. The first-order chi connectivity index (χ1) is 20.7. The Labute approximate surface area is 260 Å².